The number of aromatic amines is 1. The molecule has 2 aromatic heterocycles. The molecular weight excluding hydrogens is 437 g/mol. The normalized spacial score (nSPS) is 24.2. The van der Waals surface area contributed by atoms with Crippen molar-refractivity contribution in [2.24, 2.45) is 5.92 Å². The number of aromatic nitrogens is 2. The van der Waals surface area contributed by atoms with Gasteiger partial charge in [0, 0.05) is 43.5 Å². The first-order chi connectivity index (χ1) is 15.6. The first-order valence-electron chi connectivity index (χ1n) is 11.3. The Morgan fingerprint density at radius 3 is 2.70 bits per heavy atom. The number of likely N-dealkylation sites (N-methyl/N-ethyl adjacent to an activating group) is 1. The molecule has 1 saturated carbocycles. The number of hydrogen-bond donors (Lipinski definition) is 3. The van der Waals surface area contributed by atoms with Crippen molar-refractivity contribution in [3.63, 3.8) is 0 Å². The number of H-pyrrole nitrogens is 1. The second kappa shape index (κ2) is 9.47. The molecule has 0 bridgehead atoms. The maximum absolute atomic E-state index is 12.4. The van der Waals surface area contributed by atoms with E-state index in [4.69, 9.17) is 0 Å². The zero-order valence-electron chi connectivity index (χ0n) is 18.9. The third kappa shape index (κ3) is 5.25. The van der Waals surface area contributed by atoms with Crippen LogP contribution in [0.2, 0.25) is 0 Å². The Kier molecular flexibility index (Phi) is 6.83. The van der Waals surface area contributed by atoms with Gasteiger partial charge in [0.15, 0.2) is 0 Å². The van der Waals surface area contributed by atoms with Crippen LogP contribution in [0.4, 0.5) is 18.9 Å². The summed E-state index contributed by atoms with van der Waals surface area (Å²) < 4.78 is 37.3. The zero-order chi connectivity index (χ0) is 23.8. The van der Waals surface area contributed by atoms with E-state index in [1.165, 1.54) is 4.90 Å². The summed E-state index contributed by atoms with van der Waals surface area (Å²) in [6.07, 6.45) is 1.63. The highest BCUT2D eigenvalue weighted by molar-refractivity contribution is 5.92. The van der Waals surface area contributed by atoms with Gasteiger partial charge in [0.2, 0.25) is 5.91 Å². The van der Waals surface area contributed by atoms with Crippen molar-refractivity contribution < 1.29 is 23.1 Å². The van der Waals surface area contributed by atoms with Crippen LogP contribution in [-0.4, -0.2) is 83.4 Å². The summed E-state index contributed by atoms with van der Waals surface area (Å²) in [5.41, 5.74) is 2.31. The molecule has 1 aliphatic carbocycles. The maximum Gasteiger partial charge on any atom is 0.401 e. The van der Waals surface area contributed by atoms with Crippen LogP contribution in [-0.2, 0) is 4.79 Å². The van der Waals surface area contributed by atoms with Crippen molar-refractivity contribution in [1.82, 2.24) is 25.1 Å². The number of rotatable bonds is 6. The lowest BCUT2D eigenvalue weighted by Gasteiger charge is -2.47. The Labute approximate surface area is 190 Å². The fraction of sp³-hybridized carbons (Fsp3) is 0.636. The fourth-order valence-corrected chi connectivity index (χ4v) is 4.89. The van der Waals surface area contributed by atoms with E-state index >= 15 is 0 Å². The lowest BCUT2D eigenvalue weighted by atomic mass is 9.84. The van der Waals surface area contributed by atoms with Crippen LogP contribution in [0.3, 0.4) is 0 Å². The second-order valence-corrected chi connectivity index (χ2v) is 9.24. The molecule has 1 unspecified atom stereocenters. The highest BCUT2D eigenvalue weighted by atomic mass is 19.4. The number of nitrogens with zero attached hydrogens (tertiary/aromatic N) is 4. The van der Waals surface area contributed by atoms with Crippen molar-refractivity contribution >= 4 is 22.6 Å². The maximum atomic E-state index is 12.4. The van der Waals surface area contributed by atoms with Crippen LogP contribution in [0, 0.1) is 5.92 Å². The minimum absolute atomic E-state index is 0.0754. The molecule has 0 saturated heterocycles. The van der Waals surface area contributed by atoms with Crippen LogP contribution in [0.25, 0.3) is 11.0 Å². The lowest BCUT2D eigenvalue weighted by molar-refractivity contribution is -0.133. The summed E-state index contributed by atoms with van der Waals surface area (Å²) in [7, 11) is 3.37. The number of carbonyl (C=O) groups is 1. The summed E-state index contributed by atoms with van der Waals surface area (Å²) in [5.74, 6) is 0.0992. The fourth-order valence-electron chi connectivity index (χ4n) is 4.89. The van der Waals surface area contributed by atoms with E-state index in [-0.39, 0.29) is 24.4 Å². The van der Waals surface area contributed by atoms with Gasteiger partial charge >= 0.3 is 6.18 Å². The van der Waals surface area contributed by atoms with Gasteiger partial charge in [0.25, 0.3) is 0 Å². The van der Waals surface area contributed by atoms with Gasteiger partial charge in [-0.15, -0.1) is 0 Å². The molecule has 2 aliphatic rings. The van der Waals surface area contributed by atoms with E-state index in [0.717, 1.165) is 42.4 Å². The zero-order valence-corrected chi connectivity index (χ0v) is 18.9. The van der Waals surface area contributed by atoms with Crippen LogP contribution < -0.4 is 10.2 Å². The SMILES string of the molecule is CN(C)C(=O)CN1CN(C2CCC(CNCC(F)(F)F)CC2)c2c(cnc3[nH]ccc23)C1O. The van der Waals surface area contributed by atoms with Crippen molar-refractivity contribution in [3.05, 3.63) is 24.0 Å². The van der Waals surface area contributed by atoms with E-state index in [1.54, 1.807) is 25.2 Å². The molecule has 0 spiro atoms. The van der Waals surface area contributed by atoms with Gasteiger partial charge in [0.05, 0.1) is 25.4 Å². The largest absolute Gasteiger partial charge is 0.401 e. The highest BCUT2D eigenvalue weighted by Crippen LogP contribution is 2.42. The van der Waals surface area contributed by atoms with E-state index in [2.05, 4.69) is 20.2 Å². The van der Waals surface area contributed by atoms with Crippen LogP contribution in [0.15, 0.2) is 18.5 Å². The number of aliphatic hydroxyl groups is 1. The van der Waals surface area contributed by atoms with Crippen LogP contribution in [0.1, 0.15) is 37.5 Å². The molecule has 1 amide bonds. The van der Waals surface area contributed by atoms with Gasteiger partial charge < -0.3 is 25.2 Å². The Morgan fingerprint density at radius 2 is 2.03 bits per heavy atom. The molecular formula is C22H31F3N6O2. The van der Waals surface area contributed by atoms with Crippen molar-refractivity contribution in [3.8, 4) is 0 Å². The van der Waals surface area contributed by atoms with E-state index in [1.807, 2.05) is 12.3 Å². The number of hydrogen-bond acceptors (Lipinski definition) is 6. The molecule has 8 nitrogen and oxygen atoms in total. The van der Waals surface area contributed by atoms with Crippen molar-refractivity contribution in [2.45, 2.75) is 44.1 Å². The monoisotopic (exact) mass is 468 g/mol. The first kappa shape index (κ1) is 23.8. The molecule has 33 heavy (non-hydrogen) atoms. The minimum atomic E-state index is -4.20. The molecule has 1 atom stereocenters. The number of amides is 1. The number of pyridine rings is 1. The van der Waals surface area contributed by atoms with Crippen LogP contribution in [0.5, 0.6) is 0 Å². The standard InChI is InChI=1S/C22H31F3N6O2/c1-29(2)18(32)11-30-13-31(15-5-3-14(4-6-15)9-26-12-22(23,24)25)19-16-7-8-27-20(16)28-10-17(19)21(30)33/h7-8,10,14-15,21,26,33H,3-6,9,11-13H2,1-2H3,(H,27,28). The number of nitrogens with one attached hydrogen (secondary N) is 2. The van der Waals surface area contributed by atoms with Crippen LogP contribution >= 0.6 is 0 Å². The third-order valence-corrected chi connectivity index (χ3v) is 6.68. The number of fused-ring (bicyclic) bond motifs is 3. The summed E-state index contributed by atoms with van der Waals surface area (Å²) in [6.45, 7) is -0.139. The average Bonchev–Trinajstić information content (AvgIpc) is 3.24. The average molecular weight is 469 g/mol. The number of carbonyl (C=O) groups excluding carboxylic acids is 1. The molecule has 11 heteroatoms. The molecule has 0 aromatic carbocycles. The lowest BCUT2D eigenvalue weighted by Crippen LogP contribution is -2.53. The number of anilines is 1. The number of alkyl halides is 3. The molecule has 0 radical (unpaired) electrons. The molecule has 3 heterocycles. The van der Waals surface area contributed by atoms with Crippen molar-refractivity contribution in [1.29, 1.82) is 0 Å². The van der Waals surface area contributed by atoms with Gasteiger partial charge in [-0.3, -0.25) is 4.79 Å². The van der Waals surface area contributed by atoms with Gasteiger partial charge in [-0.2, -0.15) is 13.2 Å². The molecule has 1 fully saturated rings. The molecule has 1 aliphatic heterocycles. The molecule has 2 aromatic rings. The second-order valence-electron chi connectivity index (χ2n) is 9.24. The summed E-state index contributed by atoms with van der Waals surface area (Å²) in [6, 6.07) is 2.10. The van der Waals surface area contributed by atoms with Gasteiger partial charge in [-0.25, -0.2) is 9.88 Å². The van der Waals surface area contributed by atoms with Gasteiger partial charge in [-0.1, -0.05) is 0 Å². The van der Waals surface area contributed by atoms with E-state index in [9.17, 15) is 23.1 Å². The van der Waals surface area contributed by atoms with E-state index in [0.29, 0.717) is 18.8 Å². The summed E-state index contributed by atoms with van der Waals surface area (Å²) >= 11 is 0. The summed E-state index contributed by atoms with van der Waals surface area (Å²) in [4.78, 5) is 25.4. The number of halogens is 3. The first-order valence-corrected chi connectivity index (χ1v) is 11.3. The minimum Gasteiger partial charge on any atom is -0.374 e. The highest BCUT2D eigenvalue weighted by Gasteiger charge is 2.38. The molecule has 4 rings (SSSR count). The Morgan fingerprint density at radius 1 is 1.30 bits per heavy atom. The predicted molar refractivity (Wildman–Crippen MR) is 118 cm³/mol. The van der Waals surface area contributed by atoms with Gasteiger partial charge in [0.1, 0.15) is 11.9 Å². The van der Waals surface area contributed by atoms with Crippen molar-refractivity contribution in [2.75, 3.05) is 45.3 Å². The molecule has 3 N–H and O–H groups in total. The Hall–Kier alpha value is -2.37. The predicted octanol–water partition coefficient (Wildman–Crippen LogP) is 2.43. The van der Waals surface area contributed by atoms with E-state index < -0.39 is 18.9 Å². The Bertz CT molecular complexity index is 971. The third-order valence-electron chi connectivity index (χ3n) is 6.68. The quantitative estimate of drug-likeness (QED) is 0.604. The summed E-state index contributed by atoms with van der Waals surface area (Å²) in [5, 5.41) is 14.5. The smallest absolute Gasteiger partial charge is 0.374 e. The molecule has 182 valence electrons. The number of aliphatic hydroxyl groups excluding tert-OH is 1. The van der Waals surface area contributed by atoms with Gasteiger partial charge in [-0.05, 0) is 44.2 Å². The Balaban J connectivity index is 1.52. The topological polar surface area (TPSA) is 87.7 Å².